The minimum absolute atomic E-state index is 0.0299. The molecule has 1 N–H and O–H groups in total. The lowest BCUT2D eigenvalue weighted by Crippen LogP contribution is -2.21. The van der Waals surface area contributed by atoms with E-state index >= 15 is 0 Å². The lowest BCUT2D eigenvalue weighted by atomic mass is 10.0. The maximum absolute atomic E-state index is 12.0. The number of hydrogen-bond donors (Lipinski definition) is 1. The van der Waals surface area contributed by atoms with E-state index in [1.54, 1.807) is 50.1 Å². The number of thioether (sulfide) groups is 1. The van der Waals surface area contributed by atoms with Crippen LogP contribution < -0.4 is 5.32 Å². The molecular weight excluding hydrogens is 296 g/mol. The molecule has 1 fully saturated rings. The summed E-state index contributed by atoms with van der Waals surface area (Å²) in [4.78, 5) is 25.3. The van der Waals surface area contributed by atoms with Gasteiger partial charge in [-0.15, -0.1) is 11.8 Å². The lowest BCUT2D eigenvalue weighted by molar-refractivity contribution is -0.113. The highest BCUT2D eigenvalue weighted by Crippen LogP contribution is 2.28. The zero-order valence-corrected chi connectivity index (χ0v) is 14.1. The fraction of sp³-hybridized carbons (Fsp3) is 0.529. The van der Waals surface area contributed by atoms with Crippen LogP contribution in [0.15, 0.2) is 24.3 Å². The van der Waals surface area contributed by atoms with Crippen LogP contribution in [0.2, 0.25) is 0 Å². The van der Waals surface area contributed by atoms with Crippen LogP contribution in [0, 0.1) is 0 Å². The normalized spacial score (nSPS) is 15.4. The van der Waals surface area contributed by atoms with Gasteiger partial charge in [-0.05, 0) is 37.1 Å². The Balaban J connectivity index is 1.80. The Morgan fingerprint density at radius 1 is 1.14 bits per heavy atom. The fourth-order valence-corrected chi connectivity index (χ4v) is 3.70. The number of rotatable bonds is 5. The molecule has 4 nitrogen and oxygen atoms in total. The third-order valence-corrected chi connectivity index (χ3v) is 5.20. The van der Waals surface area contributed by atoms with Crippen molar-refractivity contribution in [2.24, 2.45) is 0 Å². The predicted molar refractivity (Wildman–Crippen MR) is 92.4 cm³/mol. The molecule has 0 spiro atoms. The molecule has 1 aromatic rings. The van der Waals surface area contributed by atoms with Crippen LogP contribution >= 0.6 is 11.8 Å². The molecule has 22 heavy (non-hydrogen) atoms. The van der Waals surface area contributed by atoms with Crippen LogP contribution in [0.3, 0.4) is 0 Å². The summed E-state index contributed by atoms with van der Waals surface area (Å²) in [6.07, 6.45) is 6.39. The second-order valence-electron chi connectivity index (χ2n) is 5.90. The SMILES string of the molecule is CN(C)C(=O)c1ccc(NC(=O)CSC2CCCCC2)cc1. The van der Waals surface area contributed by atoms with Crippen LogP contribution in [0.5, 0.6) is 0 Å². The van der Waals surface area contributed by atoms with Crippen molar-refractivity contribution in [1.29, 1.82) is 0 Å². The Morgan fingerprint density at radius 3 is 2.36 bits per heavy atom. The van der Waals surface area contributed by atoms with E-state index in [9.17, 15) is 9.59 Å². The number of amides is 2. The number of nitrogens with one attached hydrogen (secondary N) is 1. The summed E-state index contributed by atoms with van der Waals surface area (Å²) in [5.41, 5.74) is 1.36. The van der Waals surface area contributed by atoms with Gasteiger partial charge in [0.1, 0.15) is 0 Å². The van der Waals surface area contributed by atoms with Gasteiger partial charge >= 0.3 is 0 Å². The molecular formula is C17H24N2O2S. The van der Waals surface area contributed by atoms with E-state index < -0.39 is 0 Å². The monoisotopic (exact) mass is 320 g/mol. The summed E-state index contributed by atoms with van der Waals surface area (Å²) in [5, 5.41) is 3.53. The number of benzene rings is 1. The highest BCUT2D eigenvalue weighted by atomic mass is 32.2. The first kappa shape index (κ1) is 16.9. The minimum atomic E-state index is -0.0364. The first-order valence-electron chi connectivity index (χ1n) is 7.79. The molecule has 2 amide bonds. The van der Waals surface area contributed by atoms with Crippen LogP contribution in [0.25, 0.3) is 0 Å². The molecule has 120 valence electrons. The number of nitrogens with zero attached hydrogens (tertiary/aromatic N) is 1. The Bertz CT molecular complexity index is 508. The summed E-state index contributed by atoms with van der Waals surface area (Å²) in [7, 11) is 3.45. The van der Waals surface area contributed by atoms with Gasteiger partial charge in [0.25, 0.3) is 5.91 Å². The highest BCUT2D eigenvalue weighted by molar-refractivity contribution is 8.00. The smallest absolute Gasteiger partial charge is 0.253 e. The Labute approximate surface area is 136 Å². The van der Waals surface area contributed by atoms with Crippen molar-refractivity contribution in [1.82, 2.24) is 4.90 Å². The fourth-order valence-electron chi connectivity index (χ4n) is 2.58. The van der Waals surface area contributed by atoms with Crippen molar-refractivity contribution in [2.45, 2.75) is 37.4 Å². The van der Waals surface area contributed by atoms with Gasteiger partial charge in [0, 0.05) is 30.6 Å². The van der Waals surface area contributed by atoms with E-state index in [-0.39, 0.29) is 11.8 Å². The van der Waals surface area contributed by atoms with Gasteiger partial charge in [-0.25, -0.2) is 0 Å². The number of anilines is 1. The molecule has 1 saturated carbocycles. The van der Waals surface area contributed by atoms with Gasteiger partial charge < -0.3 is 10.2 Å². The van der Waals surface area contributed by atoms with E-state index in [2.05, 4.69) is 5.32 Å². The van der Waals surface area contributed by atoms with Crippen LogP contribution in [0.1, 0.15) is 42.5 Å². The van der Waals surface area contributed by atoms with E-state index in [0.717, 1.165) is 5.69 Å². The van der Waals surface area contributed by atoms with Gasteiger partial charge in [-0.3, -0.25) is 9.59 Å². The lowest BCUT2D eigenvalue weighted by Gasteiger charge is -2.20. The molecule has 0 saturated heterocycles. The van der Waals surface area contributed by atoms with Gasteiger partial charge in [0.05, 0.1) is 5.75 Å². The van der Waals surface area contributed by atoms with Crippen molar-refractivity contribution in [3.8, 4) is 0 Å². The quantitative estimate of drug-likeness (QED) is 0.904. The largest absolute Gasteiger partial charge is 0.345 e. The van der Waals surface area contributed by atoms with Crippen LogP contribution in [0.4, 0.5) is 5.69 Å². The number of carbonyl (C=O) groups is 2. The molecule has 0 unspecified atom stereocenters. The standard InChI is InChI=1S/C17H24N2O2S/c1-19(2)17(21)13-8-10-14(11-9-13)18-16(20)12-22-15-6-4-3-5-7-15/h8-11,15H,3-7,12H2,1-2H3,(H,18,20). The summed E-state index contributed by atoms with van der Waals surface area (Å²) in [6, 6.07) is 7.04. The van der Waals surface area contributed by atoms with Crippen LogP contribution in [-0.4, -0.2) is 41.8 Å². The van der Waals surface area contributed by atoms with Gasteiger partial charge in [0.15, 0.2) is 0 Å². The molecule has 5 heteroatoms. The molecule has 0 bridgehead atoms. The second-order valence-corrected chi connectivity index (χ2v) is 7.18. The average molecular weight is 320 g/mol. The molecule has 0 atom stereocenters. The van der Waals surface area contributed by atoms with Gasteiger partial charge in [0.2, 0.25) is 5.91 Å². The van der Waals surface area contributed by atoms with Crippen molar-refractivity contribution in [3.63, 3.8) is 0 Å². The topological polar surface area (TPSA) is 49.4 Å². The summed E-state index contributed by atoms with van der Waals surface area (Å²) in [6.45, 7) is 0. The second kappa shape index (κ2) is 8.22. The third-order valence-electron chi connectivity index (χ3n) is 3.82. The third kappa shape index (κ3) is 5.05. The summed E-state index contributed by atoms with van der Waals surface area (Å²) >= 11 is 1.76. The Kier molecular flexibility index (Phi) is 6.31. The molecule has 0 heterocycles. The zero-order valence-electron chi connectivity index (χ0n) is 13.3. The van der Waals surface area contributed by atoms with E-state index in [1.165, 1.54) is 37.0 Å². The van der Waals surface area contributed by atoms with Crippen molar-refractivity contribution >= 4 is 29.3 Å². The summed E-state index contributed by atoms with van der Waals surface area (Å²) in [5.74, 6) is 0.497. The maximum atomic E-state index is 12.0. The van der Waals surface area contributed by atoms with Crippen molar-refractivity contribution in [2.75, 3.05) is 25.2 Å². The Morgan fingerprint density at radius 2 is 1.77 bits per heavy atom. The molecule has 0 aliphatic heterocycles. The molecule has 1 aliphatic carbocycles. The maximum Gasteiger partial charge on any atom is 0.253 e. The van der Waals surface area contributed by atoms with E-state index in [0.29, 0.717) is 16.6 Å². The zero-order chi connectivity index (χ0) is 15.9. The highest BCUT2D eigenvalue weighted by Gasteiger charge is 2.15. The molecule has 2 rings (SSSR count). The number of hydrogen-bond acceptors (Lipinski definition) is 3. The van der Waals surface area contributed by atoms with E-state index in [1.807, 2.05) is 0 Å². The minimum Gasteiger partial charge on any atom is -0.345 e. The molecule has 1 aliphatic rings. The van der Waals surface area contributed by atoms with Gasteiger partial charge in [-0.1, -0.05) is 19.3 Å². The molecule has 1 aromatic carbocycles. The van der Waals surface area contributed by atoms with Crippen molar-refractivity contribution < 1.29 is 9.59 Å². The summed E-state index contributed by atoms with van der Waals surface area (Å²) < 4.78 is 0. The first-order chi connectivity index (χ1) is 10.6. The number of carbonyl (C=O) groups excluding carboxylic acids is 2. The van der Waals surface area contributed by atoms with E-state index in [4.69, 9.17) is 0 Å². The van der Waals surface area contributed by atoms with Crippen molar-refractivity contribution in [3.05, 3.63) is 29.8 Å². The predicted octanol–water partition coefficient (Wildman–Crippen LogP) is 3.39. The Hall–Kier alpha value is -1.49. The molecule has 0 radical (unpaired) electrons. The van der Waals surface area contributed by atoms with Gasteiger partial charge in [-0.2, -0.15) is 0 Å². The average Bonchev–Trinajstić information content (AvgIpc) is 2.54. The van der Waals surface area contributed by atoms with Crippen LogP contribution in [-0.2, 0) is 4.79 Å². The molecule has 0 aromatic heterocycles. The first-order valence-corrected chi connectivity index (χ1v) is 8.84.